The Labute approximate surface area is 229 Å². The highest BCUT2D eigenvalue weighted by atomic mass is 19.4. The van der Waals surface area contributed by atoms with Crippen molar-refractivity contribution in [2.45, 2.75) is 38.7 Å². The van der Waals surface area contributed by atoms with Gasteiger partial charge in [-0.05, 0) is 55.3 Å². The highest BCUT2D eigenvalue weighted by molar-refractivity contribution is 6.13. The summed E-state index contributed by atoms with van der Waals surface area (Å²) in [5.74, 6) is -0.766. The predicted octanol–water partition coefficient (Wildman–Crippen LogP) is 6.02. The molecule has 0 bridgehead atoms. The van der Waals surface area contributed by atoms with Gasteiger partial charge in [-0.15, -0.1) is 0 Å². The topological polar surface area (TPSA) is 55.4 Å². The zero-order chi connectivity index (χ0) is 28.7. The Kier molecular flexibility index (Phi) is 8.98. The van der Waals surface area contributed by atoms with Crippen LogP contribution in [0.25, 0.3) is 11.8 Å². The summed E-state index contributed by atoms with van der Waals surface area (Å²) in [6, 6.07) is 12.6. The molecule has 1 fully saturated rings. The third-order valence-corrected chi connectivity index (χ3v) is 6.38. The van der Waals surface area contributed by atoms with Crippen LogP contribution >= 0.6 is 0 Å². The number of benzene rings is 1. The Balaban J connectivity index is 1.49. The van der Waals surface area contributed by atoms with Gasteiger partial charge in [0, 0.05) is 18.9 Å². The van der Waals surface area contributed by atoms with E-state index in [1.807, 2.05) is 30.3 Å². The zero-order valence-corrected chi connectivity index (χ0v) is 21.9. The van der Waals surface area contributed by atoms with Crippen LogP contribution in [-0.4, -0.2) is 37.7 Å². The fourth-order valence-electron chi connectivity index (χ4n) is 4.17. The fraction of sp³-hybridized carbons (Fsp3) is 0.233. The number of carbonyl (C=O) groups excluding carboxylic acids is 1. The predicted molar refractivity (Wildman–Crippen MR) is 146 cm³/mol. The van der Waals surface area contributed by atoms with Crippen molar-refractivity contribution in [1.82, 2.24) is 19.2 Å². The number of rotatable bonds is 9. The van der Waals surface area contributed by atoms with Crippen LogP contribution in [0.2, 0.25) is 0 Å². The molecule has 1 saturated heterocycles. The largest absolute Gasteiger partial charge is 0.416 e. The van der Waals surface area contributed by atoms with Crippen molar-refractivity contribution in [3.63, 3.8) is 0 Å². The van der Waals surface area contributed by atoms with Crippen LogP contribution in [0, 0.1) is 0 Å². The molecule has 3 heterocycles. The summed E-state index contributed by atoms with van der Waals surface area (Å²) in [5, 5.41) is 4.44. The molecule has 0 saturated carbocycles. The molecule has 0 spiro atoms. The minimum absolute atomic E-state index is 0.00395. The SMILES string of the molecule is C=C(C(=O)N1CC[C@H]1Cn1ccc(/C=C/C=C(F)\C=C/C)n1)n1ccc(C(F)(F)F)cc1=NCc1ccccc1. The normalized spacial score (nSPS) is 16.6. The van der Waals surface area contributed by atoms with Gasteiger partial charge in [0.25, 0.3) is 5.91 Å². The van der Waals surface area contributed by atoms with Gasteiger partial charge in [-0.25, -0.2) is 4.39 Å². The smallest absolute Gasteiger partial charge is 0.332 e. The standard InChI is InChI=1S/C30H29F4N5O/c1-3-8-25(31)11-7-12-26-14-16-37(36-26)21-27-15-18-39(27)29(40)22(2)38-17-13-24(30(32,33)34)19-28(38)35-20-23-9-5-4-6-10-23/h3-14,16-17,19,27H,2,15,18,20-21H2,1H3/b8-3-,12-7+,25-11+,35-28?/t27-/m0/s1. The number of hydrogen-bond acceptors (Lipinski definition) is 3. The molecule has 1 amide bonds. The van der Waals surface area contributed by atoms with Crippen molar-refractivity contribution in [1.29, 1.82) is 0 Å². The Bertz CT molecular complexity index is 1510. The van der Waals surface area contributed by atoms with Crippen LogP contribution in [-0.2, 0) is 24.1 Å². The Hall–Kier alpha value is -4.47. The molecule has 40 heavy (non-hydrogen) atoms. The van der Waals surface area contributed by atoms with Gasteiger partial charge in [0.05, 0.1) is 30.4 Å². The summed E-state index contributed by atoms with van der Waals surface area (Å²) < 4.78 is 56.7. The number of nitrogens with zero attached hydrogens (tertiary/aromatic N) is 5. The maximum Gasteiger partial charge on any atom is 0.416 e. The van der Waals surface area contributed by atoms with Crippen molar-refractivity contribution >= 4 is 17.7 Å². The molecule has 1 aliphatic heterocycles. The molecule has 3 aromatic rings. The van der Waals surface area contributed by atoms with Crippen molar-refractivity contribution < 1.29 is 22.4 Å². The number of aromatic nitrogens is 3. The van der Waals surface area contributed by atoms with E-state index >= 15 is 0 Å². The van der Waals surface area contributed by atoms with Crippen LogP contribution in [0.1, 0.15) is 30.2 Å². The summed E-state index contributed by atoms with van der Waals surface area (Å²) in [7, 11) is 0. The molecule has 2 aromatic heterocycles. The maximum atomic E-state index is 13.5. The highest BCUT2D eigenvalue weighted by Crippen LogP contribution is 2.28. The van der Waals surface area contributed by atoms with Gasteiger partial charge in [0.15, 0.2) is 0 Å². The second-order valence-corrected chi connectivity index (χ2v) is 9.20. The molecule has 6 nitrogen and oxygen atoms in total. The van der Waals surface area contributed by atoms with E-state index in [9.17, 15) is 22.4 Å². The first kappa shape index (κ1) is 28.5. The quantitative estimate of drug-likeness (QED) is 0.186. The zero-order valence-electron chi connectivity index (χ0n) is 21.9. The Morgan fingerprint density at radius 2 is 1.95 bits per heavy atom. The monoisotopic (exact) mass is 551 g/mol. The van der Waals surface area contributed by atoms with Crippen molar-refractivity contribution in [3.8, 4) is 0 Å². The van der Waals surface area contributed by atoms with E-state index in [1.165, 1.54) is 22.9 Å². The van der Waals surface area contributed by atoms with E-state index in [-0.39, 0.29) is 29.6 Å². The van der Waals surface area contributed by atoms with E-state index < -0.39 is 17.6 Å². The van der Waals surface area contributed by atoms with Gasteiger partial charge in [-0.1, -0.05) is 49.1 Å². The minimum Gasteiger partial charge on any atom is -0.332 e. The first-order valence-corrected chi connectivity index (χ1v) is 12.7. The number of halogens is 4. The first-order valence-electron chi connectivity index (χ1n) is 12.7. The van der Waals surface area contributed by atoms with Crippen LogP contribution in [0.3, 0.4) is 0 Å². The first-order chi connectivity index (χ1) is 19.2. The Morgan fingerprint density at radius 3 is 2.62 bits per heavy atom. The second-order valence-electron chi connectivity index (χ2n) is 9.20. The van der Waals surface area contributed by atoms with E-state index in [2.05, 4.69) is 16.7 Å². The van der Waals surface area contributed by atoms with Crippen LogP contribution < -0.4 is 5.49 Å². The van der Waals surface area contributed by atoms with Gasteiger partial charge in [0.1, 0.15) is 17.0 Å². The lowest BCUT2D eigenvalue weighted by molar-refractivity contribution is -0.137. The molecule has 10 heteroatoms. The Morgan fingerprint density at radius 1 is 1.18 bits per heavy atom. The molecular weight excluding hydrogens is 522 g/mol. The third-order valence-electron chi connectivity index (χ3n) is 6.38. The number of amides is 1. The fourth-order valence-corrected chi connectivity index (χ4v) is 4.17. The van der Waals surface area contributed by atoms with Crippen LogP contribution in [0.15, 0.2) is 103 Å². The van der Waals surface area contributed by atoms with Crippen molar-refractivity contribution in [3.05, 3.63) is 120 Å². The second kappa shape index (κ2) is 12.6. The third kappa shape index (κ3) is 7.13. The number of pyridine rings is 1. The van der Waals surface area contributed by atoms with Crippen LogP contribution in [0.4, 0.5) is 17.6 Å². The molecule has 0 radical (unpaired) electrons. The summed E-state index contributed by atoms with van der Waals surface area (Å²) >= 11 is 0. The molecule has 1 aromatic carbocycles. The molecule has 0 N–H and O–H groups in total. The van der Waals surface area contributed by atoms with Gasteiger partial charge in [0.2, 0.25) is 0 Å². The minimum atomic E-state index is -4.56. The highest BCUT2D eigenvalue weighted by Gasteiger charge is 2.35. The van der Waals surface area contributed by atoms with E-state index in [4.69, 9.17) is 0 Å². The summed E-state index contributed by atoms with van der Waals surface area (Å²) in [6.45, 7) is 6.69. The molecule has 1 atom stereocenters. The number of alkyl halides is 3. The van der Waals surface area contributed by atoms with Gasteiger partial charge in [-0.3, -0.25) is 19.0 Å². The molecule has 0 aliphatic carbocycles. The average molecular weight is 552 g/mol. The number of carbonyl (C=O) groups is 1. The van der Waals surface area contributed by atoms with E-state index in [0.29, 0.717) is 18.8 Å². The average Bonchev–Trinajstić information content (AvgIpc) is 3.37. The number of hydrogen-bond donors (Lipinski definition) is 0. The van der Waals surface area contributed by atoms with E-state index in [1.54, 1.807) is 47.0 Å². The lowest BCUT2D eigenvalue weighted by Crippen LogP contribution is -2.54. The molecule has 4 rings (SSSR count). The van der Waals surface area contributed by atoms with Crippen molar-refractivity contribution in [2.75, 3.05) is 6.54 Å². The number of likely N-dealkylation sites (tertiary alicyclic amines) is 1. The van der Waals surface area contributed by atoms with Gasteiger partial charge in [-0.2, -0.15) is 18.3 Å². The van der Waals surface area contributed by atoms with Crippen molar-refractivity contribution in [2.24, 2.45) is 4.99 Å². The lowest BCUT2D eigenvalue weighted by atomic mass is 10.0. The summed E-state index contributed by atoms with van der Waals surface area (Å²) in [4.78, 5) is 19.3. The molecule has 208 valence electrons. The lowest BCUT2D eigenvalue weighted by Gasteiger charge is -2.41. The van der Waals surface area contributed by atoms with Crippen LogP contribution in [0.5, 0.6) is 0 Å². The maximum absolute atomic E-state index is 13.5. The molecule has 1 aliphatic rings. The van der Waals surface area contributed by atoms with E-state index in [0.717, 1.165) is 24.1 Å². The molecule has 0 unspecified atom stereocenters. The molecular formula is C30H29F4N5O. The van der Waals surface area contributed by atoms with Gasteiger partial charge < -0.3 is 4.90 Å². The van der Waals surface area contributed by atoms with Gasteiger partial charge >= 0.3 is 6.18 Å². The summed E-state index contributed by atoms with van der Waals surface area (Å²) in [6.07, 6.45) is 6.65. The number of allylic oxidation sites excluding steroid dienone is 5. The summed E-state index contributed by atoms with van der Waals surface area (Å²) in [5.41, 5.74) is 0.581.